The van der Waals surface area contributed by atoms with Crippen molar-refractivity contribution in [3.63, 3.8) is 0 Å². The second kappa shape index (κ2) is 5.36. The fourth-order valence-corrected chi connectivity index (χ4v) is 2.47. The summed E-state index contributed by atoms with van der Waals surface area (Å²) in [4.78, 5) is 0. The highest BCUT2D eigenvalue weighted by molar-refractivity contribution is 14.1. The average molecular weight is 408 g/mol. The molecule has 1 aromatic heterocycles. The molecule has 1 heterocycles. The van der Waals surface area contributed by atoms with Gasteiger partial charge >= 0.3 is 0 Å². The minimum absolute atomic E-state index is 0.0266. The standard InChI is InChI=1S/C11H11BrIN3O/c12-9-2-1-7(13)5-8(9)10-6-11(14)16(15-10)3-4-17/h1-2,5-6,17H,3-4,14H2. The van der Waals surface area contributed by atoms with Gasteiger partial charge in [-0.25, -0.2) is 4.68 Å². The van der Waals surface area contributed by atoms with Crippen molar-refractivity contribution in [2.24, 2.45) is 0 Å². The van der Waals surface area contributed by atoms with Crippen molar-refractivity contribution in [2.75, 3.05) is 12.3 Å². The molecule has 0 saturated heterocycles. The number of aliphatic hydroxyl groups excluding tert-OH is 1. The zero-order valence-electron chi connectivity index (χ0n) is 8.90. The molecule has 4 nitrogen and oxygen atoms in total. The topological polar surface area (TPSA) is 64.1 Å². The van der Waals surface area contributed by atoms with E-state index in [1.165, 1.54) is 0 Å². The van der Waals surface area contributed by atoms with Crippen LogP contribution in [0.25, 0.3) is 11.3 Å². The third-order valence-electron chi connectivity index (χ3n) is 2.33. The van der Waals surface area contributed by atoms with Gasteiger partial charge in [-0.05, 0) is 40.8 Å². The lowest BCUT2D eigenvalue weighted by Crippen LogP contribution is -2.07. The van der Waals surface area contributed by atoms with Gasteiger partial charge in [-0.2, -0.15) is 5.10 Å². The Hall–Kier alpha value is -0.600. The fourth-order valence-electron chi connectivity index (χ4n) is 1.53. The molecule has 0 unspecified atom stereocenters. The van der Waals surface area contributed by atoms with Crippen LogP contribution in [0.5, 0.6) is 0 Å². The third kappa shape index (κ3) is 2.80. The van der Waals surface area contributed by atoms with Crippen molar-refractivity contribution < 1.29 is 5.11 Å². The van der Waals surface area contributed by atoms with Crippen LogP contribution in [0, 0.1) is 3.57 Å². The molecule has 0 aliphatic rings. The molecule has 0 amide bonds. The second-order valence-corrected chi connectivity index (χ2v) is 5.63. The molecule has 0 radical (unpaired) electrons. The Balaban J connectivity index is 2.45. The van der Waals surface area contributed by atoms with Gasteiger partial charge in [-0.1, -0.05) is 15.9 Å². The second-order valence-electron chi connectivity index (χ2n) is 3.53. The van der Waals surface area contributed by atoms with Crippen LogP contribution in [0.2, 0.25) is 0 Å². The number of nitrogen functional groups attached to an aromatic ring is 1. The molecule has 0 aliphatic carbocycles. The van der Waals surface area contributed by atoms with Crippen molar-refractivity contribution in [3.05, 3.63) is 32.3 Å². The first-order valence-corrected chi connectivity index (χ1v) is 6.88. The summed E-state index contributed by atoms with van der Waals surface area (Å²) in [6, 6.07) is 7.85. The summed E-state index contributed by atoms with van der Waals surface area (Å²) in [7, 11) is 0. The lowest BCUT2D eigenvalue weighted by molar-refractivity contribution is 0.270. The molecule has 0 spiro atoms. The van der Waals surface area contributed by atoms with Gasteiger partial charge in [0.25, 0.3) is 0 Å². The van der Waals surface area contributed by atoms with E-state index in [0.717, 1.165) is 19.3 Å². The summed E-state index contributed by atoms with van der Waals surface area (Å²) in [5, 5.41) is 13.3. The van der Waals surface area contributed by atoms with Crippen molar-refractivity contribution in [1.29, 1.82) is 0 Å². The third-order valence-corrected chi connectivity index (χ3v) is 3.69. The SMILES string of the molecule is Nc1cc(-c2cc(I)ccc2Br)nn1CCO. The van der Waals surface area contributed by atoms with E-state index in [-0.39, 0.29) is 6.61 Å². The summed E-state index contributed by atoms with van der Waals surface area (Å²) < 4.78 is 3.71. The average Bonchev–Trinajstić information content (AvgIpc) is 2.64. The summed E-state index contributed by atoms with van der Waals surface area (Å²) in [5.41, 5.74) is 7.63. The van der Waals surface area contributed by atoms with E-state index in [1.54, 1.807) is 4.68 Å². The normalized spacial score (nSPS) is 10.8. The number of nitrogens with two attached hydrogens (primary N) is 1. The molecular formula is C11H11BrIN3O. The van der Waals surface area contributed by atoms with Gasteiger partial charge in [0, 0.05) is 19.7 Å². The molecule has 90 valence electrons. The Morgan fingerprint density at radius 1 is 1.41 bits per heavy atom. The minimum Gasteiger partial charge on any atom is -0.394 e. The molecule has 0 atom stereocenters. The maximum Gasteiger partial charge on any atom is 0.122 e. The zero-order valence-corrected chi connectivity index (χ0v) is 12.6. The smallest absolute Gasteiger partial charge is 0.122 e. The quantitative estimate of drug-likeness (QED) is 0.768. The molecule has 3 N–H and O–H groups in total. The van der Waals surface area contributed by atoms with Crippen molar-refractivity contribution >= 4 is 44.3 Å². The number of hydrogen-bond acceptors (Lipinski definition) is 3. The highest BCUT2D eigenvalue weighted by Gasteiger charge is 2.10. The van der Waals surface area contributed by atoms with E-state index < -0.39 is 0 Å². The molecule has 2 rings (SSSR count). The largest absolute Gasteiger partial charge is 0.394 e. The Morgan fingerprint density at radius 2 is 2.18 bits per heavy atom. The number of benzene rings is 1. The minimum atomic E-state index is 0.0266. The van der Waals surface area contributed by atoms with E-state index >= 15 is 0 Å². The number of hydrogen-bond donors (Lipinski definition) is 2. The summed E-state index contributed by atoms with van der Waals surface area (Å²) in [6.07, 6.45) is 0. The van der Waals surface area contributed by atoms with Crippen LogP contribution in [0.3, 0.4) is 0 Å². The highest BCUT2D eigenvalue weighted by Crippen LogP contribution is 2.29. The van der Waals surface area contributed by atoms with Crippen molar-refractivity contribution in [3.8, 4) is 11.3 Å². The number of aliphatic hydroxyl groups is 1. The summed E-state index contributed by atoms with van der Waals surface area (Å²) >= 11 is 5.75. The van der Waals surface area contributed by atoms with Gasteiger partial charge in [-0.15, -0.1) is 0 Å². The monoisotopic (exact) mass is 407 g/mol. The first kappa shape index (κ1) is 12.8. The van der Waals surface area contributed by atoms with Crippen molar-refractivity contribution in [2.45, 2.75) is 6.54 Å². The van der Waals surface area contributed by atoms with Crippen LogP contribution in [0.1, 0.15) is 0 Å². The molecule has 0 aliphatic heterocycles. The van der Waals surface area contributed by atoms with Gasteiger partial charge < -0.3 is 10.8 Å². The van der Waals surface area contributed by atoms with Gasteiger partial charge in [0.2, 0.25) is 0 Å². The number of anilines is 1. The Labute approximate surface area is 121 Å². The number of rotatable bonds is 3. The van der Waals surface area contributed by atoms with Crippen LogP contribution < -0.4 is 5.73 Å². The maximum atomic E-state index is 8.90. The molecule has 17 heavy (non-hydrogen) atoms. The number of halogens is 2. The van der Waals surface area contributed by atoms with Gasteiger partial charge in [-0.3, -0.25) is 0 Å². The lowest BCUT2D eigenvalue weighted by atomic mass is 10.1. The first-order valence-electron chi connectivity index (χ1n) is 5.01. The number of aromatic nitrogens is 2. The highest BCUT2D eigenvalue weighted by atomic mass is 127. The molecule has 0 fully saturated rings. The molecular weight excluding hydrogens is 397 g/mol. The molecule has 0 saturated carbocycles. The Bertz CT molecular complexity index is 542. The van der Waals surface area contributed by atoms with Crippen LogP contribution in [-0.2, 0) is 6.54 Å². The van der Waals surface area contributed by atoms with E-state index in [4.69, 9.17) is 10.8 Å². The van der Waals surface area contributed by atoms with E-state index in [9.17, 15) is 0 Å². The molecule has 6 heteroatoms. The number of nitrogens with zero attached hydrogens (tertiary/aromatic N) is 2. The van der Waals surface area contributed by atoms with Crippen LogP contribution in [0.4, 0.5) is 5.82 Å². The van der Waals surface area contributed by atoms with Gasteiger partial charge in [0.1, 0.15) is 5.82 Å². The lowest BCUT2D eigenvalue weighted by Gasteiger charge is -2.02. The van der Waals surface area contributed by atoms with Crippen LogP contribution in [-0.4, -0.2) is 21.5 Å². The first-order chi connectivity index (χ1) is 8.11. The summed E-state index contributed by atoms with van der Waals surface area (Å²) in [6.45, 7) is 0.437. The summed E-state index contributed by atoms with van der Waals surface area (Å²) in [5.74, 6) is 0.555. The molecule has 1 aromatic carbocycles. The predicted octanol–water partition coefficient (Wildman–Crippen LogP) is 2.49. The maximum absolute atomic E-state index is 8.90. The zero-order chi connectivity index (χ0) is 12.4. The van der Waals surface area contributed by atoms with Crippen LogP contribution in [0.15, 0.2) is 28.7 Å². The fraction of sp³-hybridized carbons (Fsp3) is 0.182. The molecule has 2 aromatic rings. The Morgan fingerprint density at radius 3 is 2.88 bits per heavy atom. The van der Waals surface area contributed by atoms with Gasteiger partial charge in [0.05, 0.1) is 18.8 Å². The molecule has 0 bridgehead atoms. The van der Waals surface area contributed by atoms with E-state index in [1.807, 2.05) is 24.3 Å². The van der Waals surface area contributed by atoms with Crippen molar-refractivity contribution in [1.82, 2.24) is 9.78 Å². The van der Waals surface area contributed by atoms with Crippen LogP contribution >= 0.6 is 38.5 Å². The Kier molecular flexibility index (Phi) is 4.05. The van der Waals surface area contributed by atoms with E-state index in [2.05, 4.69) is 43.6 Å². The van der Waals surface area contributed by atoms with Gasteiger partial charge in [0.15, 0.2) is 0 Å². The predicted molar refractivity (Wildman–Crippen MR) is 79.6 cm³/mol. The van der Waals surface area contributed by atoms with E-state index in [0.29, 0.717) is 12.4 Å².